The van der Waals surface area contributed by atoms with Crippen molar-refractivity contribution in [2.75, 3.05) is 19.8 Å². The lowest BCUT2D eigenvalue weighted by atomic mass is 10.1. The molecule has 1 aliphatic rings. The molecule has 7 heteroatoms. The first-order chi connectivity index (χ1) is 12.6. The van der Waals surface area contributed by atoms with E-state index in [0.29, 0.717) is 23.9 Å². The second-order valence-corrected chi connectivity index (χ2v) is 7.67. The van der Waals surface area contributed by atoms with Crippen LogP contribution in [0.3, 0.4) is 0 Å². The number of carbonyl (C=O) groups is 1. The first-order valence-corrected chi connectivity index (χ1v) is 9.49. The summed E-state index contributed by atoms with van der Waals surface area (Å²) in [4.78, 5) is 14.1. The van der Waals surface area contributed by atoms with E-state index in [1.807, 2.05) is 17.7 Å². The maximum absolute atomic E-state index is 13.1. The number of nitrogens with one attached hydrogen (secondary N) is 1. The van der Waals surface area contributed by atoms with E-state index in [2.05, 4.69) is 10.4 Å². The maximum atomic E-state index is 13.1. The van der Waals surface area contributed by atoms with Gasteiger partial charge in [-0.25, -0.2) is 4.39 Å². The van der Waals surface area contributed by atoms with Gasteiger partial charge >= 0.3 is 0 Å². The van der Waals surface area contributed by atoms with Gasteiger partial charge in [-0.05, 0) is 37.1 Å². The second-order valence-electron chi connectivity index (χ2n) is 6.64. The van der Waals surface area contributed by atoms with E-state index >= 15 is 0 Å². The number of fused-ring (bicyclic) bond motifs is 1. The summed E-state index contributed by atoms with van der Waals surface area (Å²) < 4.78 is 20.3. The molecule has 0 saturated carbocycles. The lowest BCUT2D eigenvalue weighted by molar-refractivity contribution is 0.0949. The molecule has 0 spiro atoms. The standard InChI is InChI=1S/C19H20FN3O2S/c1-12-16-8-17(18(24)21-9-14-6-7-25-11-14)26-19(16)23(22-12)10-13-2-4-15(20)5-3-13/h2-5,8,14H,6-7,9-11H2,1H3,(H,21,24)/t14-/m1/s1. The van der Waals surface area contributed by atoms with Gasteiger partial charge in [-0.1, -0.05) is 12.1 Å². The summed E-state index contributed by atoms with van der Waals surface area (Å²) in [6, 6.07) is 8.31. The molecule has 1 aromatic carbocycles. The Labute approximate surface area is 154 Å². The second kappa shape index (κ2) is 7.17. The number of nitrogens with zero attached hydrogens (tertiary/aromatic N) is 2. The third-order valence-electron chi connectivity index (χ3n) is 4.65. The zero-order valence-electron chi connectivity index (χ0n) is 14.5. The Morgan fingerprint density at radius 3 is 2.96 bits per heavy atom. The third-order valence-corrected chi connectivity index (χ3v) is 5.80. The third kappa shape index (κ3) is 3.50. The molecular weight excluding hydrogens is 353 g/mol. The van der Waals surface area contributed by atoms with Crippen LogP contribution >= 0.6 is 11.3 Å². The van der Waals surface area contributed by atoms with E-state index in [4.69, 9.17) is 4.74 Å². The Morgan fingerprint density at radius 1 is 1.42 bits per heavy atom. The predicted molar refractivity (Wildman–Crippen MR) is 99.1 cm³/mol. The van der Waals surface area contributed by atoms with Crippen molar-refractivity contribution in [1.29, 1.82) is 0 Å². The predicted octanol–water partition coefficient (Wildman–Crippen LogP) is 3.36. The number of benzene rings is 1. The van der Waals surface area contributed by atoms with Crippen molar-refractivity contribution in [1.82, 2.24) is 15.1 Å². The Hall–Kier alpha value is -2.25. The van der Waals surface area contributed by atoms with Crippen molar-refractivity contribution >= 4 is 27.5 Å². The molecule has 5 nitrogen and oxygen atoms in total. The number of hydrogen-bond donors (Lipinski definition) is 1. The molecular formula is C19H20FN3O2S. The lowest BCUT2D eigenvalue weighted by Gasteiger charge is -2.08. The Bertz CT molecular complexity index is 926. The highest BCUT2D eigenvalue weighted by molar-refractivity contribution is 7.20. The summed E-state index contributed by atoms with van der Waals surface area (Å²) in [7, 11) is 0. The van der Waals surface area contributed by atoms with E-state index in [1.54, 1.807) is 12.1 Å². The van der Waals surface area contributed by atoms with Crippen molar-refractivity contribution in [3.63, 3.8) is 0 Å². The average molecular weight is 373 g/mol. The minimum atomic E-state index is -0.252. The fraction of sp³-hybridized carbons (Fsp3) is 0.368. The van der Waals surface area contributed by atoms with Gasteiger partial charge < -0.3 is 10.1 Å². The molecule has 2 aromatic heterocycles. The van der Waals surface area contributed by atoms with Crippen LogP contribution in [-0.4, -0.2) is 35.4 Å². The molecule has 1 fully saturated rings. The summed E-state index contributed by atoms with van der Waals surface area (Å²) in [5, 5.41) is 8.56. The Morgan fingerprint density at radius 2 is 2.23 bits per heavy atom. The zero-order valence-corrected chi connectivity index (χ0v) is 15.3. The van der Waals surface area contributed by atoms with E-state index in [1.165, 1.54) is 23.5 Å². The molecule has 1 saturated heterocycles. The molecule has 3 aromatic rings. The summed E-state index contributed by atoms with van der Waals surface area (Å²) in [5.41, 5.74) is 1.86. The highest BCUT2D eigenvalue weighted by atomic mass is 32.1. The summed E-state index contributed by atoms with van der Waals surface area (Å²) >= 11 is 1.44. The summed E-state index contributed by atoms with van der Waals surface area (Å²) in [5.74, 6) is 0.105. The molecule has 4 rings (SSSR count). The van der Waals surface area contributed by atoms with Crippen LogP contribution in [0, 0.1) is 18.7 Å². The SMILES string of the molecule is Cc1nn(Cc2ccc(F)cc2)c2sc(C(=O)NC[C@H]3CCOC3)cc12. The fourth-order valence-electron chi connectivity index (χ4n) is 3.16. The molecule has 136 valence electrons. The zero-order chi connectivity index (χ0) is 18.1. The molecule has 0 unspecified atom stereocenters. The van der Waals surface area contributed by atoms with Gasteiger partial charge in [0, 0.05) is 24.5 Å². The summed E-state index contributed by atoms with van der Waals surface area (Å²) in [6.07, 6.45) is 0.998. The number of halogens is 1. The average Bonchev–Trinajstić information content (AvgIpc) is 3.35. The van der Waals surface area contributed by atoms with Crippen molar-refractivity contribution in [2.45, 2.75) is 19.9 Å². The van der Waals surface area contributed by atoms with Crippen LogP contribution in [0.5, 0.6) is 0 Å². The van der Waals surface area contributed by atoms with Gasteiger partial charge in [0.05, 0.1) is 23.7 Å². The minimum Gasteiger partial charge on any atom is -0.381 e. The van der Waals surface area contributed by atoms with Crippen molar-refractivity contribution in [3.8, 4) is 0 Å². The van der Waals surface area contributed by atoms with Crippen LogP contribution in [0.4, 0.5) is 4.39 Å². The Balaban J connectivity index is 1.52. The first kappa shape index (κ1) is 17.2. The van der Waals surface area contributed by atoms with Crippen LogP contribution in [-0.2, 0) is 11.3 Å². The van der Waals surface area contributed by atoms with Gasteiger partial charge in [-0.15, -0.1) is 11.3 Å². The quantitative estimate of drug-likeness (QED) is 0.746. The van der Waals surface area contributed by atoms with Gasteiger partial charge in [0.1, 0.15) is 10.6 Å². The highest BCUT2D eigenvalue weighted by Gasteiger charge is 2.19. The van der Waals surface area contributed by atoms with Crippen LogP contribution in [0.25, 0.3) is 10.2 Å². The van der Waals surface area contributed by atoms with Crippen molar-refractivity contribution in [3.05, 3.63) is 52.3 Å². The van der Waals surface area contributed by atoms with Crippen LogP contribution < -0.4 is 5.32 Å². The topological polar surface area (TPSA) is 56.2 Å². The number of thiophene rings is 1. The molecule has 1 aliphatic heterocycles. The largest absolute Gasteiger partial charge is 0.381 e. The van der Waals surface area contributed by atoms with Gasteiger partial charge in [0.15, 0.2) is 0 Å². The van der Waals surface area contributed by atoms with Crippen LogP contribution in [0.15, 0.2) is 30.3 Å². The molecule has 26 heavy (non-hydrogen) atoms. The van der Waals surface area contributed by atoms with Gasteiger partial charge in [-0.2, -0.15) is 5.10 Å². The molecule has 0 radical (unpaired) electrons. The normalized spacial score (nSPS) is 17.1. The van der Waals surface area contributed by atoms with Crippen molar-refractivity contribution < 1.29 is 13.9 Å². The van der Waals surface area contributed by atoms with Crippen LogP contribution in [0.2, 0.25) is 0 Å². The molecule has 3 heterocycles. The number of hydrogen-bond acceptors (Lipinski definition) is 4. The highest BCUT2D eigenvalue weighted by Crippen LogP contribution is 2.29. The number of amides is 1. The number of ether oxygens (including phenoxy) is 1. The number of rotatable bonds is 5. The molecule has 1 amide bonds. The van der Waals surface area contributed by atoms with Gasteiger partial charge in [0.2, 0.25) is 0 Å². The number of aromatic nitrogens is 2. The molecule has 0 bridgehead atoms. The smallest absolute Gasteiger partial charge is 0.261 e. The van der Waals surface area contributed by atoms with E-state index in [0.717, 1.165) is 41.1 Å². The number of carbonyl (C=O) groups excluding carboxylic acids is 1. The Kier molecular flexibility index (Phi) is 4.74. The lowest BCUT2D eigenvalue weighted by Crippen LogP contribution is -2.28. The first-order valence-electron chi connectivity index (χ1n) is 8.67. The summed E-state index contributed by atoms with van der Waals surface area (Å²) in [6.45, 7) is 4.63. The molecule has 0 aliphatic carbocycles. The maximum Gasteiger partial charge on any atom is 0.261 e. The van der Waals surface area contributed by atoms with E-state index < -0.39 is 0 Å². The van der Waals surface area contributed by atoms with Gasteiger partial charge in [-0.3, -0.25) is 9.48 Å². The number of aryl methyl sites for hydroxylation is 1. The van der Waals surface area contributed by atoms with Crippen LogP contribution in [0.1, 0.15) is 27.3 Å². The monoisotopic (exact) mass is 373 g/mol. The van der Waals surface area contributed by atoms with Crippen molar-refractivity contribution in [2.24, 2.45) is 5.92 Å². The van der Waals surface area contributed by atoms with E-state index in [9.17, 15) is 9.18 Å². The minimum absolute atomic E-state index is 0.0502. The molecule has 1 N–H and O–H groups in total. The molecule has 1 atom stereocenters. The van der Waals surface area contributed by atoms with Gasteiger partial charge in [0.25, 0.3) is 5.91 Å². The fourth-order valence-corrected chi connectivity index (χ4v) is 4.24. The van der Waals surface area contributed by atoms with E-state index in [-0.39, 0.29) is 11.7 Å².